The van der Waals surface area contributed by atoms with E-state index < -0.39 is 11.6 Å². The van der Waals surface area contributed by atoms with Gasteiger partial charge in [-0.15, -0.1) is 0 Å². The molecule has 0 radical (unpaired) electrons. The van der Waals surface area contributed by atoms with Crippen molar-refractivity contribution in [3.8, 4) is 17.2 Å². The van der Waals surface area contributed by atoms with Gasteiger partial charge in [-0.3, -0.25) is 0 Å². The van der Waals surface area contributed by atoms with E-state index in [2.05, 4.69) is 10.3 Å². The normalized spacial score (nSPS) is 21.4. The largest absolute Gasteiger partial charge is 0.383 e. The number of aromatic nitrogens is 1. The lowest BCUT2D eigenvalue weighted by molar-refractivity contribution is 0.507. The average Bonchev–Trinajstić information content (AvgIpc) is 2.93. The minimum Gasteiger partial charge on any atom is -0.383 e. The first-order chi connectivity index (χ1) is 11.5. The molecule has 4 rings (SSSR count). The zero-order valence-corrected chi connectivity index (χ0v) is 13.3. The molecule has 1 aromatic heterocycles. The second-order valence-electron chi connectivity index (χ2n) is 6.14. The van der Waals surface area contributed by atoms with E-state index in [1.807, 2.05) is 6.07 Å². The highest BCUT2D eigenvalue weighted by Crippen LogP contribution is 2.46. The maximum absolute atomic E-state index is 14.5. The first-order valence-electron chi connectivity index (χ1n) is 7.63. The third kappa shape index (κ3) is 2.09. The van der Waals surface area contributed by atoms with Gasteiger partial charge in [0.05, 0.1) is 5.02 Å². The Hall–Kier alpha value is -2.23. The molecule has 1 aromatic carbocycles. The number of hydrogen-bond acceptors (Lipinski definition) is 4. The molecular weight excluding hydrogens is 334 g/mol. The molecule has 2 aromatic rings. The number of pyridine rings is 1. The Morgan fingerprint density at radius 3 is 2.75 bits per heavy atom. The monoisotopic (exact) mass is 346 g/mol. The summed E-state index contributed by atoms with van der Waals surface area (Å²) < 4.78 is 28.5. The van der Waals surface area contributed by atoms with Gasteiger partial charge in [0.15, 0.2) is 0 Å². The molecule has 2 bridgehead atoms. The van der Waals surface area contributed by atoms with Crippen molar-refractivity contribution in [3.63, 3.8) is 0 Å². The van der Waals surface area contributed by atoms with Crippen molar-refractivity contribution in [2.24, 2.45) is 0 Å². The van der Waals surface area contributed by atoms with Crippen LogP contribution in [0.15, 0.2) is 12.1 Å². The standard InChI is InChI=1S/C17H13ClF2N4/c18-16-10(20)3-2-9(19)14(16)13-8(6-21)17(22)24-12-5-7-1-4-11(23-7)15(12)13/h2-3,7,11,23H,1,4-5H2,(H2,22,24)/t7-,11+/m0/s1. The highest BCUT2D eigenvalue weighted by molar-refractivity contribution is 6.33. The number of nitrogen functional groups attached to an aromatic ring is 1. The van der Waals surface area contributed by atoms with E-state index in [-0.39, 0.29) is 33.6 Å². The second kappa shape index (κ2) is 5.40. The van der Waals surface area contributed by atoms with Crippen LogP contribution in [0.1, 0.15) is 35.7 Å². The molecule has 1 saturated heterocycles. The van der Waals surface area contributed by atoms with Crippen molar-refractivity contribution in [1.29, 1.82) is 5.26 Å². The van der Waals surface area contributed by atoms with Crippen LogP contribution in [0.25, 0.3) is 11.1 Å². The average molecular weight is 347 g/mol. The number of nitrogens with one attached hydrogen (secondary N) is 1. The van der Waals surface area contributed by atoms with Crippen LogP contribution in [0, 0.1) is 23.0 Å². The summed E-state index contributed by atoms with van der Waals surface area (Å²) in [4.78, 5) is 4.35. The van der Waals surface area contributed by atoms with Gasteiger partial charge in [-0.25, -0.2) is 13.8 Å². The smallest absolute Gasteiger partial charge is 0.142 e. The molecule has 0 amide bonds. The van der Waals surface area contributed by atoms with E-state index in [4.69, 9.17) is 17.3 Å². The quantitative estimate of drug-likeness (QED) is 0.775. The molecule has 2 aliphatic rings. The number of nitrogens with two attached hydrogens (primary N) is 1. The van der Waals surface area contributed by atoms with Crippen molar-refractivity contribution < 1.29 is 8.78 Å². The lowest BCUT2D eigenvalue weighted by atomic mass is 9.87. The van der Waals surface area contributed by atoms with Crippen LogP contribution < -0.4 is 11.1 Å². The van der Waals surface area contributed by atoms with Crippen LogP contribution >= 0.6 is 11.6 Å². The van der Waals surface area contributed by atoms with Crippen molar-refractivity contribution >= 4 is 17.4 Å². The maximum atomic E-state index is 14.5. The van der Waals surface area contributed by atoms with Crippen molar-refractivity contribution in [2.45, 2.75) is 31.3 Å². The number of benzene rings is 1. The summed E-state index contributed by atoms with van der Waals surface area (Å²) in [6.45, 7) is 0. The van der Waals surface area contributed by atoms with Crippen LogP contribution in [-0.2, 0) is 6.42 Å². The molecule has 122 valence electrons. The van der Waals surface area contributed by atoms with E-state index in [1.54, 1.807) is 0 Å². The molecule has 3 heterocycles. The summed E-state index contributed by atoms with van der Waals surface area (Å²) >= 11 is 6.05. The number of anilines is 1. The summed E-state index contributed by atoms with van der Waals surface area (Å²) in [5.74, 6) is -1.41. The van der Waals surface area contributed by atoms with Crippen LogP contribution in [-0.4, -0.2) is 11.0 Å². The molecule has 3 N–H and O–H groups in total. The summed E-state index contributed by atoms with van der Waals surface area (Å²) in [6, 6.07) is 4.19. The van der Waals surface area contributed by atoms with Gasteiger partial charge < -0.3 is 11.1 Å². The van der Waals surface area contributed by atoms with Gasteiger partial charge in [-0.2, -0.15) is 5.26 Å². The third-order valence-electron chi connectivity index (χ3n) is 4.78. The summed E-state index contributed by atoms with van der Waals surface area (Å²) in [7, 11) is 0. The van der Waals surface area contributed by atoms with Crippen LogP contribution in [0.2, 0.25) is 5.02 Å². The first kappa shape index (κ1) is 15.3. The van der Waals surface area contributed by atoms with Crippen LogP contribution in [0.4, 0.5) is 14.6 Å². The Labute approximate surface area is 142 Å². The van der Waals surface area contributed by atoms with E-state index >= 15 is 0 Å². The van der Waals surface area contributed by atoms with Crippen molar-refractivity contribution in [1.82, 2.24) is 10.3 Å². The third-order valence-corrected chi connectivity index (χ3v) is 5.15. The number of rotatable bonds is 1. The molecule has 2 atom stereocenters. The molecule has 0 spiro atoms. The molecule has 7 heteroatoms. The van der Waals surface area contributed by atoms with E-state index in [0.29, 0.717) is 18.0 Å². The summed E-state index contributed by atoms with van der Waals surface area (Å²) in [6.07, 6.45) is 2.45. The Bertz CT molecular complexity index is 907. The van der Waals surface area contributed by atoms with Gasteiger partial charge in [-0.05, 0) is 25.0 Å². The summed E-state index contributed by atoms with van der Waals surface area (Å²) in [5, 5.41) is 12.6. The summed E-state index contributed by atoms with van der Waals surface area (Å²) in [5.41, 5.74) is 7.55. The Morgan fingerprint density at radius 1 is 1.25 bits per heavy atom. The van der Waals surface area contributed by atoms with E-state index in [9.17, 15) is 14.0 Å². The highest BCUT2D eigenvalue weighted by atomic mass is 35.5. The van der Waals surface area contributed by atoms with Crippen LogP contribution in [0.3, 0.4) is 0 Å². The SMILES string of the molecule is N#Cc1c(N)nc2c(c1-c1c(F)ccc(F)c1Cl)[C@H]1CC[C@@H](C2)N1. The Balaban J connectivity index is 2.11. The number of halogens is 3. The maximum Gasteiger partial charge on any atom is 0.142 e. The predicted octanol–water partition coefficient (Wildman–Crippen LogP) is 3.48. The Morgan fingerprint density at radius 2 is 2.00 bits per heavy atom. The fourth-order valence-corrected chi connectivity index (χ4v) is 4.02. The molecule has 0 saturated carbocycles. The molecule has 0 unspecified atom stereocenters. The highest BCUT2D eigenvalue weighted by Gasteiger charge is 2.37. The lowest BCUT2D eigenvalue weighted by Crippen LogP contribution is -2.33. The molecule has 2 aliphatic heterocycles. The molecule has 4 nitrogen and oxygen atoms in total. The number of fused-ring (bicyclic) bond motifs is 4. The van der Waals surface area contributed by atoms with E-state index in [1.165, 1.54) is 0 Å². The van der Waals surface area contributed by atoms with Crippen LogP contribution in [0.5, 0.6) is 0 Å². The topological polar surface area (TPSA) is 74.7 Å². The fourth-order valence-electron chi connectivity index (χ4n) is 3.77. The molecule has 1 fully saturated rings. The van der Waals surface area contributed by atoms with Gasteiger partial charge in [-0.1, -0.05) is 11.6 Å². The molecule has 0 aliphatic carbocycles. The predicted molar refractivity (Wildman–Crippen MR) is 86.3 cm³/mol. The van der Waals surface area contributed by atoms with E-state index in [0.717, 1.165) is 30.7 Å². The number of nitrogens with zero attached hydrogens (tertiary/aromatic N) is 2. The zero-order chi connectivity index (χ0) is 17.0. The minimum atomic E-state index is -0.742. The van der Waals surface area contributed by atoms with Crippen molar-refractivity contribution in [2.75, 3.05) is 5.73 Å². The fraction of sp³-hybridized carbons (Fsp3) is 0.294. The number of hydrogen-bond donors (Lipinski definition) is 2. The van der Waals surface area contributed by atoms with Crippen molar-refractivity contribution in [3.05, 3.63) is 45.6 Å². The van der Waals surface area contributed by atoms with Gasteiger partial charge in [0, 0.05) is 40.9 Å². The van der Waals surface area contributed by atoms with Gasteiger partial charge >= 0.3 is 0 Å². The van der Waals surface area contributed by atoms with Gasteiger partial charge in [0.25, 0.3) is 0 Å². The zero-order valence-electron chi connectivity index (χ0n) is 12.5. The lowest BCUT2D eigenvalue weighted by Gasteiger charge is -2.28. The van der Waals surface area contributed by atoms with Gasteiger partial charge in [0.2, 0.25) is 0 Å². The Kier molecular flexibility index (Phi) is 3.44. The minimum absolute atomic E-state index is 0.0206. The number of nitriles is 1. The second-order valence-corrected chi connectivity index (χ2v) is 6.51. The molecule has 24 heavy (non-hydrogen) atoms. The first-order valence-corrected chi connectivity index (χ1v) is 8.01. The molecular formula is C17H13ClF2N4. The van der Waals surface area contributed by atoms with Gasteiger partial charge in [0.1, 0.15) is 29.1 Å².